The number of aromatic nitrogens is 2. The summed E-state index contributed by atoms with van der Waals surface area (Å²) in [5, 5.41) is 0. The Bertz CT molecular complexity index is 267. The molecule has 4 heteroatoms. The Balaban J connectivity index is 1.96. The summed E-state index contributed by atoms with van der Waals surface area (Å²) < 4.78 is 0. The molecule has 0 unspecified atom stereocenters. The van der Waals surface area contributed by atoms with E-state index in [0.29, 0.717) is 6.54 Å². The third-order valence-corrected chi connectivity index (χ3v) is 2.47. The third-order valence-electron chi connectivity index (χ3n) is 2.47. The summed E-state index contributed by atoms with van der Waals surface area (Å²) in [6.45, 7) is 10.1. The molecule has 1 saturated heterocycles. The number of hydrogen-bond acceptors (Lipinski definition) is 4. The zero-order chi connectivity index (χ0) is 9.80. The van der Waals surface area contributed by atoms with Crippen LogP contribution in [0.3, 0.4) is 0 Å². The summed E-state index contributed by atoms with van der Waals surface area (Å²) in [5.74, 6) is 0.823. The fourth-order valence-electron chi connectivity index (χ4n) is 1.58. The molecular weight excluding hydrogens is 176 g/mol. The van der Waals surface area contributed by atoms with E-state index in [1.165, 1.54) is 0 Å². The van der Waals surface area contributed by atoms with E-state index in [1.54, 1.807) is 12.4 Å². The molecule has 14 heavy (non-hydrogen) atoms. The van der Waals surface area contributed by atoms with E-state index in [-0.39, 0.29) is 0 Å². The highest BCUT2D eigenvalue weighted by Gasteiger charge is 2.16. The highest BCUT2D eigenvalue weighted by molar-refractivity contribution is 5.29. The van der Waals surface area contributed by atoms with Crippen molar-refractivity contribution in [1.82, 2.24) is 14.9 Å². The molecule has 2 heterocycles. The maximum Gasteiger partial charge on any atom is 0.225 e. The van der Waals surface area contributed by atoms with Gasteiger partial charge in [-0.2, -0.15) is 0 Å². The molecule has 1 aliphatic heterocycles. The summed E-state index contributed by atoms with van der Waals surface area (Å²) in [4.78, 5) is 12.8. The standard InChI is InChI=1S/C10H14N4/c1-2-13-6-8-14(9-7-13)10-11-4-3-5-12-10/h1,3-5H,2,6-9H2. The van der Waals surface area contributed by atoms with E-state index in [4.69, 9.17) is 6.92 Å². The molecule has 2 radical (unpaired) electrons. The molecule has 0 spiro atoms. The lowest BCUT2D eigenvalue weighted by Crippen LogP contribution is -2.46. The second-order valence-corrected chi connectivity index (χ2v) is 3.34. The van der Waals surface area contributed by atoms with Gasteiger partial charge in [0.05, 0.1) is 0 Å². The molecule has 4 nitrogen and oxygen atoms in total. The van der Waals surface area contributed by atoms with Crippen LogP contribution in [0.1, 0.15) is 0 Å². The number of piperazine rings is 1. The van der Waals surface area contributed by atoms with E-state index >= 15 is 0 Å². The minimum absolute atomic E-state index is 0.642. The predicted octanol–water partition coefficient (Wildman–Crippen LogP) is 0.310. The molecule has 74 valence electrons. The number of rotatable bonds is 2. The minimum atomic E-state index is 0.642. The van der Waals surface area contributed by atoms with Crippen molar-refractivity contribution in [3.63, 3.8) is 0 Å². The maximum absolute atomic E-state index is 5.56. The smallest absolute Gasteiger partial charge is 0.225 e. The molecule has 0 saturated carbocycles. The highest BCUT2D eigenvalue weighted by Crippen LogP contribution is 2.08. The van der Waals surface area contributed by atoms with Crippen molar-refractivity contribution in [2.75, 3.05) is 37.6 Å². The van der Waals surface area contributed by atoms with E-state index in [0.717, 1.165) is 32.1 Å². The van der Waals surface area contributed by atoms with E-state index in [2.05, 4.69) is 19.8 Å². The van der Waals surface area contributed by atoms with Crippen LogP contribution in [0.5, 0.6) is 0 Å². The van der Waals surface area contributed by atoms with E-state index in [9.17, 15) is 0 Å². The van der Waals surface area contributed by atoms with Crippen LogP contribution in [0, 0.1) is 6.92 Å². The molecule has 2 rings (SSSR count). The Morgan fingerprint density at radius 2 is 1.79 bits per heavy atom. The molecule has 0 aromatic carbocycles. The van der Waals surface area contributed by atoms with Gasteiger partial charge >= 0.3 is 0 Å². The van der Waals surface area contributed by atoms with Gasteiger partial charge in [0.2, 0.25) is 5.95 Å². The largest absolute Gasteiger partial charge is 0.338 e. The first-order valence-electron chi connectivity index (χ1n) is 4.84. The molecule has 0 atom stereocenters. The first kappa shape index (κ1) is 9.40. The van der Waals surface area contributed by atoms with Crippen LogP contribution in [0.2, 0.25) is 0 Å². The quantitative estimate of drug-likeness (QED) is 0.672. The fourth-order valence-corrected chi connectivity index (χ4v) is 1.58. The summed E-state index contributed by atoms with van der Waals surface area (Å²) >= 11 is 0. The molecule has 1 aliphatic rings. The second kappa shape index (κ2) is 4.37. The Hall–Kier alpha value is -1.16. The van der Waals surface area contributed by atoms with Crippen molar-refractivity contribution >= 4 is 5.95 Å². The SMILES string of the molecule is [CH]CN1CCN(c2ncccn2)CC1. The summed E-state index contributed by atoms with van der Waals surface area (Å²) in [7, 11) is 0. The highest BCUT2D eigenvalue weighted by atomic mass is 15.3. The van der Waals surface area contributed by atoms with Gasteiger partial charge in [-0.25, -0.2) is 9.97 Å². The number of anilines is 1. The Kier molecular flexibility index (Phi) is 2.93. The van der Waals surface area contributed by atoms with Gasteiger partial charge in [0.25, 0.3) is 0 Å². The average Bonchev–Trinajstić information content (AvgIpc) is 2.30. The third kappa shape index (κ3) is 2.01. The fraction of sp³-hybridized carbons (Fsp3) is 0.500. The Labute approximate surface area is 84.6 Å². The monoisotopic (exact) mass is 190 g/mol. The molecule has 1 aromatic rings. The van der Waals surface area contributed by atoms with Crippen LogP contribution in [0.25, 0.3) is 0 Å². The van der Waals surface area contributed by atoms with Crippen LogP contribution in [-0.2, 0) is 0 Å². The zero-order valence-electron chi connectivity index (χ0n) is 8.13. The van der Waals surface area contributed by atoms with E-state index in [1.807, 2.05) is 6.07 Å². The molecule has 0 amide bonds. The zero-order valence-corrected chi connectivity index (χ0v) is 8.13. The van der Waals surface area contributed by atoms with Crippen molar-refractivity contribution < 1.29 is 0 Å². The summed E-state index contributed by atoms with van der Waals surface area (Å²) in [5.41, 5.74) is 0. The summed E-state index contributed by atoms with van der Waals surface area (Å²) in [6.07, 6.45) is 3.55. The maximum atomic E-state index is 5.56. The van der Waals surface area contributed by atoms with Crippen LogP contribution < -0.4 is 4.90 Å². The lowest BCUT2D eigenvalue weighted by atomic mass is 10.3. The molecular formula is C10H14N4. The van der Waals surface area contributed by atoms with Crippen molar-refractivity contribution in [3.05, 3.63) is 25.4 Å². The van der Waals surface area contributed by atoms with Gasteiger partial charge in [-0.15, -0.1) is 0 Å². The number of nitrogens with zero attached hydrogens (tertiary/aromatic N) is 4. The van der Waals surface area contributed by atoms with Crippen LogP contribution in [0.4, 0.5) is 5.95 Å². The van der Waals surface area contributed by atoms with Gasteiger partial charge in [-0.1, -0.05) is 0 Å². The van der Waals surface area contributed by atoms with Gasteiger partial charge in [0.15, 0.2) is 0 Å². The van der Waals surface area contributed by atoms with Gasteiger partial charge < -0.3 is 4.90 Å². The van der Waals surface area contributed by atoms with Gasteiger partial charge in [0, 0.05) is 45.1 Å². The summed E-state index contributed by atoms with van der Waals surface area (Å²) in [6, 6.07) is 1.83. The van der Waals surface area contributed by atoms with Crippen LogP contribution in [-0.4, -0.2) is 47.6 Å². The normalized spacial score (nSPS) is 18.5. The Morgan fingerprint density at radius 1 is 1.14 bits per heavy atom. The molecule has 1 aromatic heterocycles. The van der Waals surface area contributed by atoms with Gasteiger partial charge in [0.1, 0.15) is 0 Å². The lowest BCUT2D eigenvalue weighted by molar-refractivity contribution is 0.281. The second-order valence-electron chi connectivity index (χ2n) is 3.34. The molecule has 0 aliphatic carbocycles. The number of hydrogen-bond donors (Lipinski definition) is 0. The average molecular weight is 190 g/mol. The molecule has 1 fully saturated rings. The van der Waals surface area contributed by atoms with Crippen molar-refractivity contribution in [2.24, 2.45) is 0 Å². The van der Waals surface area contributed by atoms with Crippen molar-refractivity contribution in [3.8, 4) is 0 Å². The topological polar surface area (TPSA) is 32.3 Å². The molecule has 0 N–H and O–H groups in total. The van der Waals surface area contributed by atoms with Crippen molar-refractivity contribution in [2.45, 2.75) is 0 Å². The minimum Gasteiger partial charge on any atom is -0.338 e. The van der Waals surface area contributed by atoms with Gasteiger partial charge in [-0.05, 0) is 13.0 Å². The van der Waals surface area contributed by atoms with Gasteiger partial charge in [-0.3, -0.25) is 4.90 Å². The van der Waals surface area contributed by atoms with Crippen LogP contribution >= 0.6 is 0 Å². The first-order chi connectivity index (χ1) is 6.90. The Morgan fingerprint density at radius 3 is 2.36 bits per heavy atom. The van der Waals surface area contributed by atoms with Crippen molar-refractivity contribution in [1.29, 1.82) is 0 Å². The van der Waals surface area contributed by atoms with E-state index < -0.39 is 0 Å². The lowest BCUT2D eigenvalue weighted by Gasteiger charge is -2.33. The molecule has 0 bridgehead atoms. The predicted molar refractivity (Wildman–Crippen MR) is 55.0 cm³/mol. The first-order valence-corrected chi connectivity index (χ1v) is 4.84. The van der Waals surface area contributed by atoms with Crippen LogP contribution in [0.15, 0.2) is 18.5 Å².